The van der Waals surface area contributed by atoms with E-state index in [-0.39, 0.29) is 24.0 Å². The van der Waals surface area contributed by atoms with Crippen LogP contribution in [0.3, 0.4) is 0 Å². The van der Waals surface area contributed by atoms with E-state index in [1.165, 1.54) is 4.90 Å². The normalized spacial score (nSPS) is 20.2. The largest absolute Gasteiger partial charge is 0.443 e. The number of amides is 2. The van der Waals surface area contributed by atoms with Crippen molar-refractivity contribution < 1.29 is 19.1 Å². The van der Waals surface area contributed by atoms with Crippen molar-refractivity contribution in [1.29, 1.82) is 0 Å². The fraction of sp³-hybridized carbons (Fsp3) is 0.519. The summed E-state index contributed by atoms with van der Waals surface area (Å²) in [6.07, 6.45) is 4.83. The van der Waals surface area contributed by atoms with Crippen molar-refractivity contribution >= 4 is 45.1 Å². The number of halogens is 1. The predicted molar refractivity (Wildman–Crippen MR) is 140 cm³/mol. The second kappa shape index (κ2) is 10.3. The van der Waals surface area contributed by atoms with Gasteiger partial charge < -0.3 is 14.4 Å². The van der Waals surface area contributed by atoms with Crippen LogP contribution in [0, 0.1) is 5.92 Å². The Hall–Kier alpha value is -2.45. The van der Waals surface area contributed by atoms with Gasteiger partial charge in [0.05, 0.1) is 30.1 Å². The summed E-state index contributed by atoms with van der Waals surface area (Å²) in [5, 5.41) is 0. The summed E-state index contributed by atoms with van der Waals surface area (Å²) in [6, 6.07) is 9.33. The molecule has 1 aliphatic heterocycles. The van der Waals surface area contributed by atoms with Crippen LogP contribution >= 0.6 is 15.9 Å². The van der Waals surface area contributed by atoms with E-state index in [9.17, 15) is 9.59 Å². The van der Waals surface area contributed by atoms with Crippen LogP contribution in [0.25, 0.3) is 0 Å². The van der Waals surface area contributed by atoms with Crippen LogP contribution in [0.2, 0.25) is 0 Å². The highest BCUT2D eigenvalue weighted by atomic mass is 79.9. The Morgan fingerprint density at radius 2 is 1.80 bits per heavy atom. The zero-order valence-electron chi connectivity index (χ0n) is 21.1. The van der Waals surface area contributed by atoms with Crippen LogP contribution in [-0.2, 0) is 20.8 Å². The Labute approximate surface area is 215 Å². The molecule has 2 aliphatic rings. The number of carbonyl (C=O) groups is 2. The molecule has 2 heterocycles. The Morgan fingerprint density at radius 1 is 1.09 bits per heavy atom. The van der Waals surface area contributed by atoms with E-state index in [0.29, 0.717) is 23.7 Å². The van der Waals surface area contributed by atoms with Gasteiger partial charge in [-0.3, -0.25) is 4.79 Å². The van der Waals surface area contributed by atoms with Gasteiger partial charge in [0.15, 0.2) is 0 Å². The highest BCUT2D eigenvalue weighted by molar-refractivity contribution is 9.10. The third-order valence-electron chi connectivity index (χ3n) is 6.21. The van der Waals surface area contributed by atoms with Gasteiger partial charge in [-0.05, 0) is 84.6 Å². The number of pyridine rings is 1. The number of fused-ring (bicyclic) bond motifs is 2. The van der Waals surface area contributed by atoms with Gasteiger partial charge in [-0.25, -0.2) is 14.7 Å². The van der Waals surface area contributed by atoms with Crippen molar-refractivity contribution in [3.63, 3.8) is 0 Å². The van der Waals surface area contributed by atoms with E-state index in [4.69, 9.17) is 9.47 Å². The molecule has 0 bridgehead atoms. The maximum Gasteiger partial charge on any atom is 0.420 e. The monoisotopic (exact) mass is 543 g/mol. The van der Waals surface area contributed by atoms with E-state index in [1.807, 2.05) is 65.0 Å². The summed E-state index contributed by atoms with van der Waals surface area (Å²) in [6.45, 7) is 9.92. The van der Waals surface area contributed by atoms with Crippen LogP contribution in [0.4, 0.5) is 22.0 Å². The summed E-state index contributed by atoms with van der Waals surface area (Å²) in [4.78, 5) is 35.2. The van der Waals surface area contributed by atoms with E-state index in [1.54, 1.807) is 11.1 Å². The molecule has 1 aliphatic carbocycles. The lowest BCUT2D eigenvalue weighted by atomic mass is 9.86. The van der Waals surface area contributed by atoms with Crippen molar-refractivity contribution in [3.05, 3.63) is 46.6 Å². The standard InChI is InChI=1S/C27H34BrN3O4/c1-17(2)34-21-11-8-18(9-12-21)25(32)30-16-19-7-6-14-29-24(19)31(26(33)35-27(3,4)5)22-13-10-20(28)15-23(22)30/h6-7,10,13-15,17-18,21H,8-9,11-12,16H2,1-5H3/t18-,21-. The van der Waals surface area contributed by atoms with Crippen molar-refractivity contribution in [1.82, 2.24) is 4.98 Å². The number of anilines is 3. The van der Waals surface area contributed by atoms with E-state index in [2.05, 4.69) is 20.9 Å². The number of benzene rings is 1. The summed E-state index contributed by atoms with van der Waals surface area (Å²) in [5.41, 5.74) is 1.34. The van der Waals surface area contributed by atoms with Gasteiger partial charge in [-0.1, -0.05) is 22.0 Å². The number of hydrogen-bond donors (Lipinski definition) is 0. The van der Waals surface area contributed by atoms with E-state index < -0.39 is 11.7 Å². The fourth-order valence-corrected chi connectivity index (χ4v) is 5.12. The number of nitrogens with zero attached hydrogens (tertiary/aromatic N) is 3. The molecule has 0 spiro atoms. The first-order chi connectivity index (χ1) is 16.5. The molecule has 35 heavy (non-hydrogen) atoms. The summed E-state index contributed by atoms with van der Waals surface area (Å²) >= 11 is 3.56. The van der Waals surface area contributed by atoms with Gasteiger partial charge in [-0.15, -0.1) is 0 Å². The fourth-order valence-electron chi connectivity index (χ4n) is 4.77. The Kier molecular flexibility index (Phi) is 7.52. The van der Waals surface area contributed by atoms with Crippen LogP contribution in [0.15, 0.2) is 41.0 Å². The Morgan fingerprint density at radius 3 is 2.46 bits per heavy atom. The van der Waals surface area contributed by atoms with Crippen LogP contribution < -0.4 is 9.80 Å². The van der Waals surface area contributed by atoms with Gasteiger partial charge >= 0.3 is 6.09 Å². The molecule has 0 radical (unpaired) electrons. The molecule has 7 nitrogen and oxygen atoms in total. The van der Waals surface area contributed by atoms with E-state index >= 15 is 0 Å². The minimum Gasteiger partial charge on any atom is -0.443 e. The Balaban J connectivity index is 1.72. The van der Waals surface area contributed by atoms with Gasteiger partial charge in [-0.2, -0.15) is 0 Å². The smallest absolute Gasteiger partial charge is 0.420 e. The first-order valence-electron chi connectivity index (χ1n) is 12.3. The highest BCUT2D eigenvalue weighted by Crippen LogP contribution is 2.43. The molecular formula is C27H34BrN3O4. The zero-order chi connectivity index (χ0) is 25.3. The predicted octanol–water partition coefficient (Wildman–Crippen LogP) is 6.75. The zero-order valence-corrected chi connectivity index (χ0v) is 22.7. The average molecular weight is 544 g/mol. The van der Waals surface area contributed by atoms with Crippen LogP contribution in [-0.4, -0.2) is 34.8 Å². The minimum atomic E-state index is -0.680. The molecule has 2 aromatic rings. The number of hydrogen-bond acceptors (Lipinski definition) is 5. The average Bonchev–Trinajstić information content (AvgIpc) is 2.92. The molecule has 4 rings (SSSR count). The quantitative estimate of drug-likeness (QED) is 0.428. The topological polar surface area (TPSA) is 72.0 Å². The minimum absolute atomic E-state index is 0.0631. The van der Waals surface area contributed by atoms with Gasteiger partial charge in [0.1, 0.15) is 11.4 Å². The van der Waals surface area contributed by atoms with Gasteiger partial charge in [0.25, 0.3) is 0 Å². The molecule has 1 fully saturated rings. The number of ether oxygens (including phenoxy) is 2. The highest BCUT2D eigenvalue weighted by Gasteiger charge is 2.37. The summed E-state index contributed by atoms with van der Waals surface area (Å²) in [7, 11) is 0. The van der Waals surface area contributed by atoms with Gasteiger partial charge in [0, 0.05) is 22.2 Å². The molecular weight excluding hydrogens is 510 g/mol. The first-order valence-corrected chi connectivity index (χ1v) is 13.1. The molecule has 0 unspecified atom stereocenters. The molecule has 2 amide bonds. The lowest BCUT2D eigenvalue weighted by molar-refractivity contribution is -0.124. The Bertz CT molecular complexity index is 1090. The lowest BCUT2D eigenvalue weighted by Gasteiger charge is -2.33. The van der Waals surface area contributed by atoms with Crippen molar-refractivity contribution in [2.24, 2.45) is 5.92 Å². The molecule has 0 atom stereocenters. The molecule has 1 aromatic carbocycles. The second-order valence-corrected chi connectivity index (χ2v) is 11.4. The number of carbonyl (C=O) groups excluding carboxylic acids is 2. The second-order valence-electron chi connectivity index (χ2n) is 10.5. The molecule has 8 heteroatoms. The van der Waals surface area contributed by atoms with Crippen molar-refractivity contribution in [2.45, 2.75) is 84.7 Å². The lowest BCUT2D eigenvalue weighted by Crippen LogP contribution is -2.38. The summed E-state index contributed by atoms with van der Waals surface area (Å²) < 4.78 is 12.6. The molecule has 0 saturated heterocycles. The van der Waals surface area contributed by atoms with Crippen LogP contribution in [0.5, 0.6) is 0 Å². The first kappa shape index (κ1) is 25.6. The maximum absolute atomic E-state index is 13.9. The van der Waals surface area contributed by atoms with Gasteiger partial charge in [0.2, 0.25) is 5.91 Å². The van der Waals surface area contributed by atoms with E-state index in [0.717, 1.165) is 35.7 Å². The summed E-state index contributed by atoms with van der Waals surface area (Å²) in [5.74, 6) is 0.449. The van der Waals surface area contributed by atoms with Crippen molar-refractivity contribution in [2.75, 3.05) is 9.80 Å². The number of rotatable bonds is 3. The molecule has 1 aromatic heterocycles. The molecule has 188 valence electrons. The van der Waals surface area contributed by atoms with Crippen molar-refractivity contribution in [3.8, 4) is 0 Å². The third-order valence-corrected chi connectivity index (χ3v) is 6.70. The maximum atomic E-state index is 13.9. The van der Waals surface area contributed by atoms with Crippen LogP contribution in [0.1, 0.15) is 65.9 Å². The molecule has 0 N–H and O–H groups in total. The molecule has 1 saturated carbocycles. The number of aromatic nitrogens is 1. The SMILES string of the molecule is CC(C)O[C@H]1CC[C@H](C(=O)N2Cc3cccnc3N(C(=O)OC(C)(C)C)c3ccc(Br)cc32)CC1. The third kappa shape index (κ3) is 5.86.